The Morgan fingerprint density at radius 3 is 1.46 bits per heavy atom. The number of H-pyrrole nitrogens is 2. The van der Waals surface area contributed by atoms with E-state index in [4.69, 9.17) is 9.47 Å². The molecular formula is C40H50N6O4. The van der Waals surface area contributed by atoms with E-state index in [-0.39, 0.29) is 12.2 Å². The van der Waals surface area contributed by atoms with E-state index in [0.717, 1.165) is 57.3 Å². The lowest BCUT2D eigenvalue weighted by Crippen LogP contribution is -2.37. The molecule has 3 aromatic carbocycles. The number of rotatable bonds is 11. The Bertz CT molecular complexity index is 1910. The van der Waals surface area contributed by atoms with Crippen LogP contribution in [0.5, 0.6) is 0 Å². The van der Waals surface area contributed by atoms with Gasteiger partial charge >= 0.3 is 12.2 Å². The monoisotopic (exact) mass is 678 g/mol. The SMILES string of the molecule is CCCN(Cc1ncc(-c2ccc(-c3ccc4cc(-c5cnc(CN(CCC)C(=O)OC(C)(C)C)[nH]5)ccc4c3)cc2)[nH]1)C(=O)OC(C)(C)C. The summed E-state index contributed by atoms with van der Waals surface area (Å²) in [7, 11) is 0. The molecule has 264 valence electrons. The molecule has 0 radical (unpaired) electrons. The Hall–Kier alpha value is -5.12. The Labute approximate surface area is 295 Å². The number of amides is 2. The van der Waals surface area contributed by atoms with Crippen LogP contribution in [0.25, 0.3) is 44.4 Å². The maximum Gasteiger partial charge on any atom is 0.410 e. The summed E-state index contributed by atoms with van der Waals surface area (Å²) in [6.45, 7) is 17.2. The van der Waals surface area contributed by atoms with Crippen molar-refractivity contribution in [3.05, 3.63) is 84.7 Å². The first-order valence-electron chi connectivity index (χ1n) is 17.4. The largest absolute Gasteiger partial charge is 0.444 e. The average molecular weight is 679 g/mol. The normalized spacial score (nSPS) is 11.8. The highest BCUT2D eigenvalue weighted by atomic mass is 16.6. The second-order valence-electron chi connectivity index (χ2n) is 14.6. The second-order valence-corrected chi connectivity index (χ2v) is 14.6. The lowest BCUT2D eigenvalue weighted by atomic mass is 9.98. The van der Waals surface area contributed by atoms with Gasteiger partial charge in [0.25, 0.3) is 0 Å². The van der Waals surface area contributed by atoms with Crippen LogP contribution in [0.4, 0.5) is 9.59 Å². The molecule has 2 aromatic heterocycles. The average Bonchev–Trinajstić information content (AvgIpc) is 3.72. The summed E-state index contributed by atoms with van der Waals surface area (Å²) in [6, 6.07) is 21.2. The van der Waals surface area contributed by atoms with Crippen LogP contribution in [-0.2, 0) is 22.6 Å². The fourth-order valence-corrected chi connectivity index (χ4v) is 5.64. The van der Waals surface area contributed by atoms with E-state index in [1.165, 1.54) is 0 Å². The van der Waals surface area contributed by atoms with Gasteiger partial charge in [-0.25, -0.2) is 19.6 Å². The van der Waals surface area contributed by atoms with E-state index in [1.54, 1.807) is 9.80 Å². The summed E-state index contributed by atoms with van der Waals surface area (Å²) in [4.78, 5) is 44.7. The molecule has 2 heterocycles. The quantitative estimate of drug-likeness (QED) is 0.144. The van der Waals surface area contributed by atoms with Crippen LogP contribution in [0.3, 0.4) is 0 Å². The van der Waals surface area contributed by atoms with E-state index < -0.39 is 11.2 Å². The van der Waals surface area contributed by atoms with Crippen molar-refractivity contribution in [3.8, 4) is 33.6 Å². The third-order valence-electron chi connectivity index (χ3n) is 7.91. The molecule has 0 atom stereocenters. The molecule has 10 heteroatoms. The first-order chi connectivity index (χ1) is 23.7. The van der Waals surface area contributed by atoms with Gasteiger partial charge in [-0.3, -0.25) is 0 Å². The molecule has 2 amide bonds. The zero-order chi connectivity index (χ0) is 36.1. The molecule has 0 saturated heterocycles. The molecule has 0 fully saturated rings. The molecule has 10 nitrogen and oxygen atoms in total. The molecule has 5 aromatic rings. The van der Waals surface area contributed by atoms with Crippen LogP contribution in [0.1, 0.15) is 79.9 Å². The van der Waals surface area contributed by atoms with Gasteiger partial charge < -0.3 is 29.2 Å². The molecule has 0 aliphatic carbocycles. The van der Waals surface area contributed by atoms with Gasteiger partial charge in [0.1, 0.15) is 22.9 Å². The van der Waals surface area contributed by atoms with Crippen molar-refractivity contribution in [1.82, 2.24) is 29.7 Å². The number of imidazole rings is 2. The van der Waals surface area contributed by atoms with Gasteiger partial charge in [0.15, 0.2) is 0 Å². The number of aromatic amines is 2. The van der Waals surface area contributed by atoms with Crippen molar-refractivity contribution in [2.75, 3.05) is 13.1 Å². The molecule has 0 aliphatic heterocycles. The molecule has 0 bridgehead atoms. The minimum atomic E-state index is -0.555. The Morgan fingerprint density at radius 2 is 1.00 bits per heavy atom. The first kappa shape index (κ1) is 36.2. The van der Waals surface area contributed by atoms with E-state index in [0.29, 0.717) is 37.8 Å². The summed E-state index contributed by atoms with van der Waals surface area (Å²) in [5.74, 6) is 1.42. The maximum absolute atomic E-state index is 12.7. The first-order valence-corrected chi connectivity index (χ1v) is 17.4. The Kier molecular flexibility index (Phi) is 11.0. The summed E-state index contributed by atoms with van der Waals surface area (Å²) >= 11 is 0. The van der Waals surface area contributed by atoms with Crippen LogP contribution < -0.4 is 0 Å². The number of carbonyl (C=O) groups is 2. The number of carbonyl (C=O) groups excluding carboxylic acids is 2. The fraction of sp³-hybridized carbons (Fsp3) is 0.400. The van der Waals surface area contributed by atoms with Gasteiger partial charge in [0.2, 0.25) is 0 Å². The number of nitrogens with zero attached hydrogens (tertiary/aromatic N) is 4. The lowest BCUT2D eigenvalue weighted by Gasteiger charge is -2.26. The third-order valence-corrected chi connectivity index (χ3v) is 7.91. The highest BCUT2D eigenvalue weighted by Crippen LogP contribution is 2.30. The number of hydrogen-bond acceptors (Lipinski definition) is 6. The van der Waals surface area contributed by atoms with Crippen molar-refractivity contribution in [3.63, 3.8) is 0 Å². The molecule has 0 spiro atoms. The van der Waals surface area contributed by atoms with Crippen molar-refractivity contribution < 1.29 is 19.1 Å². The number of aromatic nitrogens is 4. The van der Waals surface area contributed by atoms with Gasteiger partial charge in [-0.05, 0) is 94.0 Å². The molecule has 2 N–H and O–H groups in total. The second kappa shape index (κ2) is 15.2. The van der Waals surface area contributed by atoms with Gasteiger partial charge in [-0.15, -0.1) is 0 Å². The lowest BCUT2D eigenvalue weighted by molar-refractivity contribution is 0.0219. The number of benzene rings is 3. The zero-order valence-electron chi connectivity index (χ0n) is 30.6. The van der Waals surface area contributed by atoms with Crippen LogP contribution in [-0.4, -0.2) is 66.2 Å². The third kappa shape index (κ3) is 9.52. The number of hydrogen-bond donors (Lipinski definition) is 2. The zero-order valence-corrected chi connectivity index (χ0v) is 30.6. The summed E-state index contributed by atoms with van der Waals surface area (Å²) < 4.78 is 11.2. The highest BCUT2D eigenvalue weighted by Gasteiger charge is 2.24. The van der Waals surface area contributed by atoms with Crippen molar-refractivity contribution in [2.24, 2.45) is 0 Å². The van der Waals surface area contributed by atoms with Crippen LogP contribution in [0.2, 0.25) is 0 Å². The number of ether oxygens (including phenoxy) is 2. The smallest absolute Gasteiger partial charge is 0.410 e. The fourth-order valence-electron chi connectivity index (χ4n) is 5.64. The van der Waals surface area contributed by atoms with E-state index in [1.807, 2.05) is 67.8 Å². The molecule has 50 heavy (non-hydrogen) atoms. The maximum atomic E-state index is 12.7. The van der Waals surface area contributed by atoms with Gasteiger partial charge in [-0.1, -0.05) is 62.4 Å². The van der Waals surface area contributed by atoms with Gasteiger partial charge in [0.05, 0.1) is 36.9 Å². The summed E-state index contributed by atoms with van der Waals surface area (Å²) in [6.07, 6.45) is 4.60. The molecule has 0 saturated carbocycles. The minimum absolute atomic E-state index is 0.338. The number of fused-ring (bicyclic) bond motifs is 1. The topological polar surface area (TPSA) is 116 Å². The standard InChI is InChI=1S/C40H50N6O4/c1-9-19-45(37(47)49-39(3,4)5)25-35-41-23-33(43-35)28-13-11-27(12-14-28)29-15-16-31-22-32(18-17-30(31)21-29)34-24-42-36(44-34)26-46(20-10-2)38(48)50-40(6,7)8/h11-18,21-24H,9-10,19-20,25-26H2,1-8H3,(H,41,43)(H,42,44). The molecule has 0 unspecified atom stereocenters. The van der Waals surface area contributed by atoms with Gasteiger partial charge in [-0.2, -0.15) is 0 Å². The Morgan fingerprint density at radius 1 is 0.600 bits per heavy atom. The minimum Gasteiger partial charge on any atom is -0.444 e. The van der Waals surface area contributed by atoms with Crippen LogP contribution in [0, 0.1) is 0 Å². The predicted molar refractivity (Wildman–Crippen MR) is 198 cm³/mol. The molecule has 5 rings (SSSR count). The van der Waals surface area contributed by atoms with Crippen molar-refractivity contribution >= 4 is 23.0 Å². The van der Waals surface area contributed by atoms with Crippen LogP contribution in [0.15, 0.2) is 73.1 Å². The van der Waals surface area contributed by atoms with E-state index >= 15 is 0 Å². The summed E-state index contributed by atoms with van der Waals surface area (Å²) in [5, 5.41) is 2.25. The predicted octanol–water partition coefficient (Wildman–Crippen LogP) is 9.58. The van der Waals surface area contributed by atoms with Crippen LogP contribution >= 0.6 is 0 Å². The Balaban J connectivity index is 1.26. The highest BCUT2D eigenvalue weighted by molar-refractivity contribution is 5.90. The molecular weight excluding hydrogens is 628 g/mol. The van der Waals surface area contributed by atoms with E-state index in [2.05, 4.69) is 80.6 Å². The van der Waals surface area contributed by atoms with Crippen molar-refractivity contribution in [1.29, 1.82) is 0 Å². The van der Waals surface area contributed by atoms with E-state index in [9.17, 15) is 9.59 Å². The van der Waals surface area contributed by atoms with Gasteiger partial charge in [0, 0.05) is 18.7 Å². The summed E-state index contributed by atoms with van der Waals surface area (Å²) in [5.41, 5.74) is 4.95. The van der Waals surface area contributed by atoms with Crippen molar-refractivity contribution in [2.45, 2.75) is 92.5 Å². The number of nitrogens with one attached hydrogen (secondary N) is 2. The molecule has 0 aliphatic rings.